The summed E-state index contributed by atoms with van der Waals surface area (Å²) in [6, 6.07) is 21.7. The summed E-state index contributed by atoms with van der Waals surface area (Å²) < 4.78 is 0. The number of H-pyrrole nitrogens is 2. The molecule has 0 aliphatic carbocycles. The molecule has 4 aromatic rings. The van der Waals surface area contributed by atoms with Crippen LogP contribution in [0.5, 0.6) is 0 Å². The Labute approximate surface area is 195 Å². The topological polar surface area (TPSA) is 94.7 Å². The van der Waals surface area contributed by atoms with E-state index in [0.717, 1.165) is 61.5 Å². The molecular formula is C28H20N4O2. The number of benzene rings is 1. The number of carboxylic acid groups (broad SMARTS) is 1. The molecule has 5 heterocycles. The van der Waals surface area contributed by atoms with Crippen LogP contribution in [0.15, 0.2) is 66.7 Å². The number of hydrogen-bond acceptors (Lipinski definition) is 3. The van der Waals surface area contributed by atoms with Crippen molar-refractivity contribution in [2.45, 2.75) is 6.42 Å². The molecule has 6 heteroatoms. The zero-order chi connectivity index (χ0) is 23.1. The van der Waals surface area contributed by atoms with E-state index in [0.29, 0.717) is 0 Å². The van der Waals surface area contributed by atoms with E-state index in [1.807, 2.05) is 85.0 Å². The van der Waals surface area contributed by atoms with Gasteiger partial charge in [0.25, 0.3) is 0 Å². The van der Waals surface area contributed by atoms with Gasteiger partial charge in [-0.1, -0.05) is 24.3 Å². The van der Waals surface area contributed by atoms with E-state index in [2.05, 4.69) is 21.0 Å². The Morgan fingerprint density at radius 2 is 1.32 bits per heavy atom. The zero-order valence-corrected chi connectivity index (χ0v) is 18.1. The van der Waals surface area contributed by atoms with Crippen molar-refractivity contribution in [3.05, 3.63) is 95.1 Å². The first-order chi connectivity index (χ1) is 16.6. The van der Waals surface area contributed by atoms with Crippen LogP contribution in [0.2, 0.25) is 0 Å². The van der Waals surface area contributed by atoms with Gasteiger partial charge >= 0.3 is 5.97 Å². The second-order valence-corrected chi connectivity index (χ2v) is 8.32. The molecule has 3 aromatic heterocycles. The van der Waals surface area contributed by atoms with E-state index in [1.54, 1.807) is 0 Å². The third-order valence-electron chi connectivity index (χ3n) is 5.82. The summed E-state index contributed by atoms with van der Waals surface area (Å²) in [6.45, 7) is 0. The number of hydrogen-bond donors (Lipinski definition) is 3. The van der Waals surface area contributed by atoms with Gasteiger partial charge in [-0.15, -0.1) is 0 Å². The Bertz CT molecular complexity index is 1670. The number of carbonyl (C=O) groups is 1. The predicted molar refractivity (Wildman–Crippen MR) is 136 cm³/mol. The number of nitrogens with zero attached hydrogens (tertiary/aromatic N) is 2. The lowest BCUT2D eigenvalue weighted by Gasteiger charge is -2.06. The Morgan fingerprint density at radius 1 is 0.676 bits per heavy atom. The summed E-state index contributed by atoms with van der Waals surface area (Å²) in [7, 11) is 0. The van der Waals surface area contributed by atoms with Gasteiger partial charge in [-0.05, 0) is 77.9 Å². The van der Waals surface area contributed by atoms with Gasteiger partial charge in [-0.2, -0.15) is 0 Å². The molecule has 2 aliphatic rings. The number of nitrogens with one attached hydrogen (secondary N) is 2. The van der Waals surface area contributed by atoms with Gasteiger partial charge in [-0.25, -0.2) is 9.97 Å². The van der Waals surface area contributed by atoms with Crippen LogP contribution in [0.25, 0.3) is 57.5 Å². The molecule has 164 valence electrons. The van der Waals surface area contributed by atoms with Crippen LogP contribution in [-0.2, 0) is 11.2 Å². The third kappa shape index (κ3) is 3.93. The average molecular weight is 444 g/mol. The summed E-state index contributed by atoms with van der Waals surface area (Å²) >= 11 is 0. The lowest BCUT2D eigenvalue weighted by molar-refractivity contribution is -0.136. The van der Waals surface area contributed by atoms with Crippen LogP contribution in [0, 0.1) is 0 Å². The lowest BCUT2D eigenvalue weighted by Crippen LogP contribution is -2.01. The largest absolute Gasteiger partial charge is 0.481 e. The van der Waals surface area contributed by atoms with Gasteiger partial charge in [0.2, 0.25) is 0 Å². The van der Waals surface area contributed by atoms with Crippen LogP contribution in [-0.4, -0.2) is 31.0 Å². The quantitative estimate of drug-likeness (QED) is 0.314. The minimum Gasteiger partial charge on any atom is -0.481 e. The predicted octanol–water partition coefficient (Wildman–Crippen LogP) is 5.95. The van der Waals surface area contributed by atoms with E-state index in [9.17, 15) is 9.90 Å². The van der Waals surface area contributed by atoms with Gasteiger partial charge in [0, 0.05) is 27.6 Å². The summed E-state index contributed by atoms with van der Waals surface area (Å²) in [5.74, 6) is -0.858. The van der Waals surface area contributed by atoms with Crippen LogP contribution >= 0.6 is 0 Å². The van der Waals surface area contributed by atoms with Gasteiger partial charge in [-0.3, -0.25) is 4.79 Å². The van der Waals surface area contributed by atoms with Crippen molar-refractivity contribution in [3.8, 4) is 11.1 Å². The molecule has 0 spiro atoms. The van der Waals surface area contributed by atoms with Crippen molar-refractivity contribution in [2.24, 2.45) is 0 Å². The molecule has 1 aromatic carbocycles. The lowest BCUT2D eigenvalue weighted by atomic mass is 9.98. The first kappa shape index (κ1) is 19.9. The van der Waals surface area contributed by atoms with Crippen molar-refractivity contribution in [3.63, 3.8) is 0 Å². The summed E-state index contributed by atoms with van der Waals surface area (Å²) in [4.78, 5) is 27.8. The second kappa shape index (κ2) is 8.01. The van der Waals surface area contributed by atoms with Crippen molar-refractivity contribution < 1.29 is 9.90 Å². The molecule has 34 heavy (non-hydrogen) atoms. The van der Waals surface area contributed by atoms with Gasteiger partial charge in [0.15, 0.2) is 0 Å². The van der Waals surface area contributed by atoms with Gasteiger partial charge in [0.1, 0.15) is 0 Å². The van der Waals surface area contributed by atoms with Crippen LogP contribution in [0.4, 0.5) is 0 Å². The van der Waals surface area contributed by atoms with Crippen LogP contribution < -0.4 is 0 Å². The maximum Gasteiger partial charge on any atom is 0.307 e. The van der Waals surface area contributed by atoms with Crippen LogP contribution in [0.3, 0.4) is 0 Å². The SMILES string of the molecule is O=C(O)Cc1ccccc1-c1cc2cc3ccc(cc4nc(cc5nc(cc1[nH]2)C=C5)C=C4)[nH]3. The Kier molecular flexibility index (Phi) is 4.70. The van der Waals surface area contributed by atoms with E-state index in [4.69, 9.17) is 4.98 Å². The number of aliphatic carboxylic acids is 1. The highest BCUT2D eigenvalue weighted by Crippen LogP contribution is 2.30. The molecule has 0 saturated heterocycles. The monoisotopic (exact) mass is 444 g/mol. The summed E-state index contributed by atoms with van der Waals surface area (Å²) in [5, 5.41) is 9.41. The number of aromatic amines is 2. The molecule has 0 atom stereocenters. The molecule has 0 amide bonds. The number of aromatic nitrogens is 4. The first-order valence-corrected chi connectivity index (χ1v) is 11.0. The molecule has 0 unspecified atom stereocenters. The molecule has 2 aliphatic heterocycles. The fourth-order valence-electron chi connectivity index (χ4n) is 4.34. The number of fused-ring (bicyclic) bond motifs is 8. The van der Waals surface area contributed by atoms with E-state index in [-0.39, 0.29) is 6.42 Å². The summed E-state index contributed by atoms with van der Waals surface area (Å²) in [5.41, 5.74) is 9.63. The minimum atomic E-state index is -0.858. The maximum atomic E-state index is 11.5. The molecule has 0 saturated carbocycles. The van der Waals surface area contributed by atoms with Crippen molar-refractivity contribution >= 4 is 52.3 Å². The smallest absolute Gasteiger partial charge is 0.307 e. The highest BCUT2D eigenvalue weighted by molar-refractivity contribution is 5.90. The minimum absolute atomic E-state index is 0.0438. The summed E-state index contributed by atoms with van der Waals surface area (Å²) in [6.07, 6.45) is 7.85. The van der Waals surface area contributed by atoms with Crippen molar-refractivity contribution in [2.75, 3.05) is 0 Å². The van der Waals surface area contributed by atoms with Gasteiger partial charge < -0.3 is 15.1 Å². The third-order valence-corrected chi connectivity index (χ3v) is 5.82. The average Bonchev–Trinajstić information content (AvgIpc) is 3.59. The molecule has 6 rings (SSSR count). The molecule has 0 fully saturated rings. The normalized spacial score (nSPS) is 12.2. The van der Waals surface area contributed by atoms with Crippen molar-refractivity contribution in [1.82, 2.24) is 19.9 Å². The molecule has 0 radical (unpaired) electrons. The number of carboxylic acids is 1. The highest BCUT2D eigenvalue weighted by Gasteiger charge is 2.12. The van der Waals surface area contributed by atoms with E-state index in [1.165, 1.54) is 0 Å². The number of rotatable bonds is 3. The Balaban J connectivity index is 1.65. The van der Waals surface area contributed by atoms with E-state index < -0.39 is 5.97 Å². The molecule has 3 N–H and O–H groups in total. The fourth-order valence-corrected chi connectivity index (χ4v) is 4.34. The first-order valence-electron chi connectivity index (χ1n) is 11.0. The standard InChI is InChI=1S/C28H20N4O2/c33-28(34)11-17-3-1-2-4-25(17)26-15-24-14-22-8-7-20(30-22)12-18-5-6-19(29-18)13-21-9-10-23(31-21)16-27(26)32-24/h1-10,12-16,30,32H,11H2,(H,33,34). The molecule has 6 nitrogen and oxygen atoms in total. The molecule has 8 bridgehead atoms. The second-order valence-electron chi connectivity index (χ2n) is 8.32. The Hall–Kier alpha value is -4.71. The van der Waals surface area contributed by atoms with Gasteiger partial charge in [0.05, 0.1) is 29.2 Å². The fraction of sp³-hybridized carbons (Fsp3) is 0.0357. The van der Waals surface area contributed by atoms with E-state index >= 15 is 0 Å². The van der Waals surface area contributed by atoms with Crippen LogP contribution in [0.1, 0.15) is 28.3 Å². The zero-order valence-electron chi connectivity index (χ0n) is 18.1. The maximum absolute atomic E-state index is 11.5. The highest BCUT2D eigenvalue weighted by atomic mass is 16.4. The molecular weight excluding hydrogens is 424 g/mol. The Morgan fingerprint density at radius 3 is 2.06 bits per heavy atom. The van der Waals surface area contributed by atoms with Crippen molar-refractivity contribution in [1.29, 1.82) is 0 Å².